The topological polar surface area (TPSA) is 225 Å². The van der Waals surface area contributed by atoms with E-state index >= 15 is 0 Å². The number of aliphatic hydroxyl groups excluding tert-OH is 3. The number of likely N-dealkylation sites (tertiary alicyclic amines) is 1. The van der Waals surface area contributed by atoms with Gasteiger partial charge in [-0.15, -0.1) is 0 Å². The van der Waals surface area contributed by atoms with Crippen molar-refractivity contribution in [2.45, 2.75) is 68.8 Å². The summed E-state index contributed by atoms with van der Waals surface area (Å²) in [6, 6.07) is 8.10. The molecule has 7 N–H and O–H groups in total. The molecular weight excluding hydrogens is 566 g/mol. The van der Waals surface area contributed by atoms with Crippen LogP contribution in [0.15, 0.2) is 35.4 Å². The third kappa shape index (κ3) is 6.71. The predicted octanol–water partition coefficient (Wildman–Crippen LogP) is -2.55. The zero-order valence-electron chi connectivity index (χ0n) is 24.3. The molecule has 0 bridgehead atoms. The molecule has 0 spiro atoms. The monoisotopic (exact) mass is 605 g/mol. The fourth-order valence-electron chi connectivity index (χ4n) is 5.55. The normalized spacial score (nSPS) is 30.0. The average molecular weight is 606 g/mol. The van der Waals surface area contributed by atoms with Crippen molar-refractivity contribution in [3.05, 3.63) is 35.9 Å². The SMILES string of the molecule is CN1N=C2CCN(C(=O)C(COCC3OC(C(=O)O)C(O)C(O)C3O)NC(=O)C(C)(C)N)CC2(Cc2ccccc2)C1=O. The summed E-state index contributed by atoms with van der Waals surface area (Å²) in [5, 5.41) is 47.9. The number of piperidine rings is 1. The molecule has 3 aliphatic heterocycles. The second-order valence-corrected chi connectivity index (χ2v) is 11.8. The lowest BCUT2D eigenvalue weighted by molar-refractivity contribution is -0.236. The van der Waals surface area contributed by atoms with Gasteiger partial charge in [-0.05, 0) is 25.8 Å². The van der Waals surface area contributed by atoms with Gasteiger partial charge in [0.15, 0.2) is 6.10 Å². The number of aliphatic carboxylic acids is 1. The number of amides is 3. The molecule has 0 aromatic heterocycles. The van der Waals surface area contributed by atoms with Gasteiger partial charge in [-0.3, -0.25) is 14.4 Å². The third-order valence-corrected chi connectivity index (χ3v) is 7.98. The highest BCUT2D eigenvalue weighted by atomic mass is 16.6. The van der Waals surface area contributed by atoms with Crippen LogP contribution in [0.3, 0.4) is 0 Å². The first-order valence-corrected chi connectivity index (χ1v) is 13.9. The van der Waals surface area contributed by atoms with Crippen molar-refractivity contribution < 1.29 is 49.1 Å². The van der Waals surface area contributed by atoms with Crippen molar-refractivity contribution in [1.82, 2.24) is 15.2 Å². The van der Waals surface area contributed by atoms with Gasteiger partial charge >= 0.3 is 5.97 Å². The van der Waals surface area contributed by atoms with E-state index in [1.54, 1.807) is 7.05 Å². The lowest BCUT2D eigenvalue weighted by atomic mass is 9.73. The van der Waals surface area contributed by atoms with Gasteiger partial charge < -0.3 is 45.9 Å². The Morgan fingerprint density at radius 1 is 1.19 bits per heavy atom. The minimum absolute atomic E-state index is 0.00987. The Morgan fingerprint density at radius 3 is 2.49 bits per heavy atom. The van der Waals surface area contributed by atoms with Crippen LogP contribution in [0.2, 0.25) is 0 Å². The first-order chi connectivity index (χ1) is 20.2. The van der Waals surface area contributed by atoms with Gasteiger partial charge in [0.25, 0.3) is 5.91 Å². The second kappa shape index (κ2) is 12.6. The third-order valence-electron chi connectivity index (χ3n) is 7.98. The Balaban J connectivity index is 1.52. The zero-order chi connectivity index (χ0) is 31.7. The van der Waals surface area contributed by atoms with E-state index in [2.05, 4.69) is 10.4 Å². The number of aliphatic hydroxyl groups is 3. The molecule has 0 radical (unpaired) electrons. The number of carboxylic acid groups (broad SMARTS) is 1. The average Bonchev–Trinajstić information content (AvgIpc) is 3.20. The lowest BCUT2D eigenvalue weighted by Crippen LogP contribution is -2.62. The molecule has 0 aliphatic carbocycles. The lowest BCUT2D eigenvalue weighted by Gasteiger charge is -2.41. The molecule has 15 heteroatoms. The molecule has 2 fully saturated rings. The van der Waals surface area contributed by atoms with Crippen molar-refractivity contribution in [2.75, 3.05) is 33.4 Å². The number of benzene rings is 1. The van der Waals surface area contributed by atoms with Crippen LogP contribution < -0.4 is 11.1 Å². The molecule has 3 heterocycles. The van der Waals surface area contributed by atoms with Gasteiger partial charge in [0.05, 0.1) is 24.5 Å². The van der Waals surface area contributed by atoms with E-state index < -0.39 is 78.5 Å². The van der Waals surface area contributed by atoms with E-state index in [0.717, 1.165) is 5.56 Å². The Hall–Kier alpha value is -3.47. The largest absolute Gasteiger partial charge is 0.479 e. The summed E-state index contributed by atoms with van der Waals surface area (Å²) in [5.41, 5.74) is 5.07. The molecular formula is C28H39N5O10. The number of hydrogen-bond donors (Lipinski definition) is 6. The van der Waals surface area contributed by atoms with Gasteiger partial charge in [-0.1, -0.05) is 30.3 Å². The van der Waals surface area contributed by atoms with E-state index in [9.17, 15) is 39.6 Å². The molecule has 43 heavy (non-hydrogen) atoms. The first kappa shape index (κ1) is 32.4. The van der Waals surface area contributed by atoms with Crippen molar-refractivity contribution >= 4 is 29.4 Å². The molecule has 4 rings (SSSR count). The van der Waals surface area contributed by atoms with Crippen LogP contribution >= 0.6 is 0 Å². The summed E-state index contributed by atoms with van der Waals surface area (Å²) in [7, 11) is 1.57. The molecule has 236 valence electrons. The molecule has 3 amide bonds. The number of carbonyl (C=O) groups is 4. The highest BCUT2D eigenvalue weighted by molar-refractivity contribution is 6.13. The van der Waals surface area contributed by atoms with Gasteiger partial charge in [0.2, 0.25) is 11.8 Å². The Bertz CT molecular complexity index is 1250. The van der Waals surface area contributed by atoms with E-state index in [1.165, 1.54) is 23.8 Å². The van der Waals surface area contributed by atoms with Crippen molar-refractivity contribution in [1.29, 1.82) is 0 Å². The Morgan fingerprint density at radius 2 is 1.86 bits per heavy atom. The number of nitrogens with two attached hydrogens (primary N) is 1. The fourth-order valence-corrected chi connectivity index (χ4v) is 5.55. The molecule has 0 saturated carbocycles. The number of carboxylic acids is 1. The van der Waals surface area contributed by atoms with Crippen LogP contribution in [0.25, 0.3) is 0 Å². The molecule has 7 unspecified atom stereocenters. The fraction of sp³-hybridized carbons (Fsp3) is 0.607. The van der Waals surface area contributed by atoms with Crippen LogP contribution in [0.1, 0.15) is 25.8 Å². The van der Waals surface area contributed by atoms with Gasteiger partial charge in [0.1, 0.15) is 35.9 Å². The highest BCUT2D eigenvalue weighted by Gasteiger charge is 2.54. The number of fused-ring (bicyclic) bond motifs is 1. The van der Waals surface area contributed by atoms with Crippen LogP contribution in [-0.2, 0) is 35.1 Å². The van der Waals surface area contributed by atoms with Gasteiger partial charge in [-0.25, -0.2) is 9.80 Å². The second-order valence-electron chi connectivity index (χ2n) is 11.8. The number of hydrogen-bond acceptors (Lipinski definition) is 11. The smallest absolute Gasteiger partial charge is 0.335 e. The van der Waals surface area contributed by atoms with Crippen LogP contribution in [0.5, 0.6) is 0 Å². The van der Waals surface area contributed by atoms with E-state index in [0.29, 0.717) is 18.6 Å². The molecule has 1 aromatic carbocycles. The first-order valence-electron chi connectivity index (χ1n) is 13.9. The maximum atomic E-state index is 13.9. The highest BCUT2D eigenvalue weighted by Crippen LogP contribution is 2.38. The standard InChI is InChI=1S/C28H39N5O10/c1-27(2,29)25(40)30-16(12-42-13-17-19(34)20(35)21(36)22(43-17)24(38)39)23(37)33-10-9-18-28(14-33,26(41)32(3)31-18)11-15-7-5-4-6-8-15/h4-8,16-17,19-22,34-36H,9-14,29H2,1-3H3,(H,30,40)(H,38,39). The number of ether oxygens (including phenoxy) is 2. The van der Waals surface area contributed by atoms with E-state index in [-0.39, 0.29) is 19.0 Å². The van der Waals surface area contributed by atoms with E-state index in [4.69, 9.17) is 15.2 Å². The minimum Gasteiger partial charge on any atom is -0.479 e. The number of hydrazone groups is 1. The molecule has 2 saturated heterocycles. The maximum absolute atomic E-state index is 13.9. The summed E-state index contributed by atoms with van der Waals surface area (Å²) in [5.74, 6) is -2.99. The van der Waals surface area contributed by atoms with Gasteiger partial charge in [0, 0.05) is 26.6 Å². The van der Waals surface area contributed by atoms with Crippen molar-refractivity contribution in [3.8, 4) is 0 Å². The Kier molecular flexibility index (Phi) is 9.54. The summed E-state index contributed by atoms with van der Waals surface area (Å²) < 4.78 is 10.8. The summed E-state index contributed by atoms with van der Waals surface area (Å²) >= 11 is 0. The molecule has 7 atom stereocenters. The molecule has 1 aromatic rings. The predicted molar refractivity (Wildman–Crippen MR) is 149 cm³/mol. The van der Waals surface area contributed by atoms with Gasteiger partial charge in [-0.2, -0.15) is 5.10 Å². The summed E-state index contributed by atoms with van der Waals surface area (Å²) in [6.07, 6.45) is -7.88. The molecule has 3 aliphatic rings. The number of rotatable bonds is 10. The quantitative estimate of drug-likeness (QED) is 0.163. The summed E-state index contributed by atoms with van der Waals surface area (Å²) in [4.78, 5) is 53.1. The van der Waals surface area contributed by atoms with Crippen molar-refractivity contribution in [3.63, 3.8) is 0 Å². The van der Waals surface area contributed by atoms with Crippen LogP contribution in [0.4, 0.5) is 0 Å². The molecule has 15 nitrogen and oxygen atoms in total. The number of carbonyl (C=O) groups excluding carboxylic acids is 3. The summed E-state index contributed by atoms with van der Waals surface area (Å²) in [6.45, 7) is 2.25. The van der Waals surface area contributed by atoms with E-state index in [1.807, 2.05) is 30.3 Å². The minimum atomic E-state index is -1.86. The van der Waals surface area contributed by atoms with Crippen molar-refractivity contribution in [2.24, 2.45) is 16.3 Å². The van der Waals surface area contributed by atoms with Crippen LogP contribution in [0, 0.1) is 5.41 Å². The number of nitrogens with one attached hydrogen (secondary N) is 1. The van der Waals surface area contributed by atoms with Crippen LogP contribution in [-0.4, -0.2) is 135 Å². The maximum Gasteiger partial charge on any atom is 0.335 e. The zero-order valence-corrected chi connectivity index (χ0v) is 24.3. The Labute approximate surface area is 248 Å². The number of nitrogens with zero attached hydrogens (tertiary/aromatic N) is 3.